The Balaban J connectivity index is 1.74. The van der Waals surface area contributed by atoms with Crippen LogP contribution >= 0.6 is 34.3 Å². The summed E-state index contributed by atoms with van der Waals surface area (Å²) in [4.78, 5) is 45.1. The summed E-state index contributed by atoms with van der Waals surface area (Å²) in [7, 11) is 1.58. The van der Waals surface area contributed by atoms with Crippen LogP contribution in [0.4, 0.5) is 0 Å². The Labute approximate surface area is 235 Å². The number of ketones is 1. The molecule has 0 spiro atoms. The van der Waals surface area contributed by atoms with E-state index in [-0.39, 0.29) is 17.6 Å². The van der Waals surface area contributed by atoms with E-state index in [0.29, 0.717) is 15.0 Å². The lowest BCUT2D eigenvalue weighted by molar-refractivity contribution is -0.144. The molecule has 2 aliphatic rings. The molecule has 4 unspecified atom stereocenters. The number of amides is 2. The van der Waals surface area contributed by atoms with Crippen LogP contribution in [-0.2, 0) is 9.59 Å². The van der Waals surface area contributed by atoms with Gasteiger partial charge in [0.1, 0.15) is 11.8 Å². The minimum absolute atomic E-state index is 0.0845. The predicted molar refractivity (Wildman–Crippen MR) is 151 cm³/mol. The van der Waals surface area contributed by atoms with Crippen LogP contribution in [-0.4, -0.2) is 35.6 Å². The SMILES string of the molecule is COc1cccc(C2C(C(=O)c3ccc(Cl)s3)C(c3sccc3C)N(C(=O)C3CCCCC3)C2C(N)=O)c1. The first kappa shape index (κ1) is 26.9. The number of aryl methyl sites for hydroxylation is 1. The number of nitrogens with zero attached hydrogens (tertiary/aromatic N) is 1. The molecule has 38 heavy (non-hydrogen) atoms. The van der Waals surface area contributed by atoms with E-state index in [4.69, 9.17) is 22.1 Å². The van der Waals surface area contributed by atoms with Gasteiger partial charge in [0.25, 0.3) is 0 Å². The molecule has 1 aliphatic heterocycles. The van der Waals surface area contributed by atoms with Gasteiger partial charge in [0.05, 0.1) is 28.3 Å². The maximum Gasteiger partial charge on any atom is 0.240 e. The molecule has 6 nitrogen and oxygen atoms in total. The summed E-state index contributed by atoms with van der Waals surface area (Å²) in [6.07, 6.45) is 4.61. The molecule has 0 bridgehead atoms. The second-order valence-corrected chi connectivity index (χ2v) is 12.8. The maximum absolute atomic E-state index is 14.4. The quantitative estimate of drug-likeness (QED) is 0.334. The minimum Gasteiger partial charge on any atom is -0.497 e. The monoisotopic (exact) mass is 570 g/mol. The third-order valence-corrected chi connectivity index (χ3v) is 10.3. The molecule has 9 heteroatoms. The largest absolute Gasteiger partial charge is 0.497 e. The molecule has 200 valence electrons. The fourth-order valence-corrected chi connectivity index (χ4v) is 8.30. The van der Waals surface area contributed by atoms with Crippen molar-refractivity contribution in [3.8, 4) is 5.75 Å². The molecule has 1 saturated carbocycles. The van der Waals surface area contributed by atoms with E-state index < -0.39 is 29.8 Å². The average Bonchev–Trinajstić information content (AvgIpc) is 3.64. The van der Waals surface area contributed by atoms with Crippen LogP contribution in [0.2, 0.25) is 4.34 Å². The van der Waals surface area contributed by atoms with Gasteiger partial charge in [-0.3, -0.25) is 14.4 Å². The van der Waals surface area contributed by atoms with E-state index in [1.165, 1.54) is 22.7 Å². The Morgan fingerprint density at radius 1 is 1.08 bits per heavy atom. The highest BCUT2D eigenvalue weighted by Crippen LogP contribution is 2.54. The van der Waals surface area contributed by atoms with Crippen LogP contribution in [0.25, 0.3) is 0 Å². The third kappa shape index (κ3) is 4.90. The highest BCUT2D eigenvalue weighted by Gasteiger charge is 2.58. The Morgan fingerprint density at radius 3 is 2.45 bits per heavy atom. The molecule has 5 rings (SSSR count). The van der Waals surface area contributed by atoms with Gasteiger partial charge in [0.15, 0.2) is 5.78 Å². The number of primary amides is 1. The molecular formula is C29H31ClN2O4S2. The number of thiophene rings is 2. The summed E-state index contributed by atoms with van der Waals surface area (Å²) in [6, 6.07) is 11.2. The zero-order valence-corrected chi connectivity index (χ0v) is 23.8. The number of Topliss-reactive ketones (excluding diaryl/α,β-unsaturated/α-hetero) is 1. The number of likely N-dealkylation sites (tertiary alicyclic amines) is 1. The van der Waals surface area contributed by atoms with Gasteiger partial charge in [-0.25, -0.2) is 0 Å². The lowest BCUT2D eigenvalue weighted by atomic mass is 9.78. The highest BCUT2D eigenvalue weighted by molar-refractivity contribution is 7.18. The zero-order valence-electron chi connectivity index (χ0n) is 21.4. The molecule has 4 atom stereocenters. The van der Waals surface area contributed by atoms with Crippen LogP contribution in [0, 0.1) is 18.8 Å². The van der Waals surface area contributed by atoms with Crippen molar-refractivity contribution in [1.82, 2.24) is 4.90 Å². The van der Waals surface area contributed by atoms with Crippen LogP contribution in [0.3, 0.4) is 0 Å². The molecule has 1 aromatic carbocycles. The highest BCUT2D eigenvalue weighted by atomic mass is 35.5. The second kappa shape index (κ2) is 11.2. The first-order valence-corrected chi connectivity index (χ1v) is 15.0. The number of benzene rings is 1. The summed E-state index contributed by atoms with van der Waals surface area (Å²) in [5, 5.41) is 1.97. The summed E-state index contributed by atoms with van der Waals surface area (Å²) in [5.41, 5.74) is 7.85. The van der Waals surface area contributed by atoms with Crippen molar-refractivity contribution < 1.29 is 19.1 Å². The van der Waals surface area contributed by atoms with E-state index in [9.17, 15) is 14.4 Å². The number of hydrogen-bond acceptors (Lipinski definition) is 6. The number of ether oxygens (including phenoxy) is 1. The van der Waals surface area contributed by atoms with Gasteiger partial charge in [0.2, 0.25) is 11.8 Å². The molecular weight excluding hydrogens is 540 g/mol. The summed E-state index contributed by atoms with van der Waals surface area (Å²) in [6.45, 7) is 1.98. The van der Waals surface area contributed by atoms with E-state index in [2.05, 4.69) is 0 Å². The van der Waals surface area contributed by atoms with Crippen LogP contribution in [0.5, 0.6) is 5.75 Å². The normalized spacial score (nSPS) is 23.9. The van der Waals surface area contributed by atoms with E-state index in [1.54, 1.807) is 24.1 Å². The Morgan fingerprint density at radius 2 is 1.84 bits per heavy atom. The van der Waals surface area contributed by atoms with E-state index in [1.807, 2.05) is 42.6 Å². The van der Waals surface area contributed by atoms with Gasteiger partial charge in [-0.15, -0.1) is 22.7 Å². The summed E-state index contributed by atoms with van der Waals surface area (Å²) < 4.78 is 6.00. The van der Waals surface area contributed by atoms with E-state index >= 15 is 0 Å². The smallest absolute Gasteiger partial charge is 0.240 e. The Kier molecular flexibility index (Phi) is 7.93. The second-order valence-electron chi connectivity index (χ2n) is 10.1. The van der Waals surface area contributed by atoms with Crippen molar-refractivity contribution in [3.63, 3.8) is 0 Å². The zero-order chi connectivity index (χ0) is 27.0. The first-order valence-electron chi connectivity index (χ1n) is 12.9. The number of carbonyl (C=O) groups excluding carboxylic acids is 3. The summed E-state index contributed by atoms with van der Waals surface area (Å²) in [5.74, 6) is -1.78. The molecule has 2 aromatic heterocycles. The van der Waals surface area contributed by atoms with Crippen molar-refractivity contribution in [3.05, 3.63) is 73.1 Å². The van der Waals surface area contributed by atoms with Crippen LogP contribution in [0.15, 0.2) is 47.8 Å². The van der Waals surface area contributed by atoms with E-state index in [0.717, 1.165) is 48.1 Å². The fraction of sp³-hybridized carbons (Fsp3) is 0.414. The van der Waals surface area contributed by atoms with Gasteiger partial charge in [-0.2, -0.15) is 0 Å². The number of methoxy groups -OCH3 is 1. The van der Waals surface area contributed by atoms with Gasteiger partial charge >= 0.3 is 0 Å². The number of carbonyl (C=O) groups is 3. The van der Waals surface area contributed by atoms with Crippen LogP contribution < -0.4 is 10.5 Å². The van der Waals surface area contributed by atoms with Gasteiger partial charge in [-0.1, -0.05) is 43.0 Å². The molecule has 1 saturated heterocycles. The van der Waals surface area contributed by atoms with Crippen molar-refractivity contribution in [2.45, 2.75) is 57.0 Å². The molecule has 0 radical (unpaired) electrons. The lowest BCUT2D eigenvalue weighted by Crippen LogP contribution is -2.49. The van der Waals surface area contributed by atoms with Crippen LogP contribution in [0.1, 0.15) is 69.7 Å². The number of halogens is 1. The molecule has 2 amide bonds. The molecule has 3 heterocycles. The molecule has 2 N–H and O–H groups in total. The third-order valence-electron chi connectivity index (χ3n) is 7.93. The Hall–Kier alpha value is -2.68. The predicted octanol–water partition coefficient (Wildman–Crippen LogP) is 6.38. The van der Waals surface area contributed by atoms with Crippen molar-refractivity contribution in [1.29, 1.82) is 0 Å². The van der Waals surface area contributed by atoms with Gasteiger partial charge < -0.3 is 15.4 Å². The molecule has 3 aromatic rings. The van der Waals surface area contributed by atoms with Gasteiger partial charge in [0, 0.05) is 16.7 Å². The fourth-order valence-electron chi connectivity index (χ4n) is 6.19. The number of hydrogen-bond donors (Lipinski definition) is 1. The Bertz CT molecular complexity index is 1350. The number of nitrogens with two attached hydrogens (primary N) is 1. The molecule has 2 fully saturated rings. The minimum atomic E-state index is -0.979. The van der Waals surface area contributed by atoms with Crippen molar-refractivity contribution >= 4 is 51.9 Å². The standard InChI is InChI=1S/C29H31ClN2O4S2/c1-16-13-14-37-27(16)24-23(26(33)20-11-12-21(30)38-20)22(18-9-6-10-19(15-18)36-2)25(28(31)34)32(24)29(35)17-7-4-3-5-8-17/h6,9-15,17,22-25H,3-5,7-8H2,1-2H3,(H2,31,34). The number of rotatable bonds is 7. The van der Waals surface area contributed by atoms with Gasteiger partial charge in [-0.05, 0) is 66.6 Å². The average molecular weight is 571 g/mol. The van der Waals surface area contributed by atoms with Crippen molar-refractivity contribution in [2.24, 2.45) is 17.6 Å². The maximum atomic E-state index is 14.4. The van der Waals surface area contributed by atoms with Crippen molar-refractivity contribution in [2.75, 3.05) is 7.11 Å². The summed E-state index contributed by atoms with van der Waals surface area (Å²) >= 11 is 8.96. The first-order chi connectivity index (χ1) is 18.3. The topological polar surface area (TPSA) is 89.7 Å². The lowest BCUT2D eigenvalue weighted by Gasteiger charge is -2.34. The molecule has 1 aliphatic carbocycles.